The van der Waals surface area contributed by atoms with Crippen molar-refractivity contribution in [2.45, 2.75) is 6.04 Å². The molecule has 0 saturated heterocycles. The fraction of sp³-hybridized carbons (Fsp3) is 0.300. The van der Waals surface area contributed by atoms with Crippen LogP contribution in [0.2, 0.25) is 0 Å². The Labute approximate surface area is 76.5 Å². The van der Waals surface area contributed by atoms with Gasteiger partial charge in [-0.1, -0.05) is 18.2 Å². The van der Waals surface area contributed by atoms with Crippen molar-refractivity contribution in [1.29, 1.82) is 0 Å². The maximum atomic E-state index is 10.6. The Bertz CT molecular complexity index is 324. The van der Waals surface area contributed by atoms with Crippen molar-refractivity contribution < 1.29 is 9.53 Å². The number of hydrogen-bond acceptors (Lipinski definition) is 3. The minimum absolute atomic E-state index is 0.213. The van der Waals surface area contributed by atoms with Gasteiger partial charge < -0.3 is 15.3 Å². The maximum Gasteiger partial charge on any atom is 0.128 e. The Balaban J connectivity index is 2.38. The molecule has 0 fully saturated rings. The van der Waals surface area contributed by atoms with Crippen molar-refractivity contribution in [1.82, 2.24) is 0 Å². The quantitative estimate of drug-likeness (QED) is 0.648. The molecular weight excluding hydrogens is 166 g/mol. The Kier molecular flexibility index (Phi) is 2.02. The second kappa shape index (κ2) is 3.18. The molecule has 0 radical (unpaired) electrons. The van der Waals surface area contributed by atoms with Crippen molar-refractivity contribution in [2.24, 2.45) is 11.7 Å². The van der Waals surface area contributed by atoms with Crippen molar-refractivity contribution >= 4 is 6.29 Å². The van der Waals surface area contributed by atoms with Gasteiger partial charge in [-0.25, -0.2) is 0 Å². The second-order valence-corrected chi connectivity index (χ2v) is 3.17. The van der Waals surface area contributed by atoms with E-state index in [1.54, 1.807) is 0 Å². The van der Waals surface area contributed by atoms with Crippen LogP contribution in [-0.2, 0) is 4.79 Å². The minimum atomic E-state index is -0.220. The molecular formula is C10H11NO2. The zero-order chi connectivity index (χ0) is 9.26. The number of para-hydroxylation sites is 1. The summed E-state index contributed by atoms with van der Waals surface area (Å²) in [6.07, 6.45) is 0.862. The number of rotatable bonds is 1. The highest BCUT2D eigenvalue weighted by Gasteiger charge is 2.26. The summed E-state index contributed by atoms with van der Waals surface area (Å²) in [5, 5.41) is 0. The highest BCUT2D eigenvalue weighted by Crippen LogP contribution is 2.32. The Morgan fingerprint density at radius 1 is 1.46 bits per heavy atom. The smallest absolute Gasteiger partial charge is 0.128 e. The van der Waals surface area contributed by atoms with Gasteiger partial charge in [0, 0.05) is 11.6 Å². The van der Waals surface area contributed by atoms with Gasteiger partial charge in [0.05, 0.1) is 12.5 Å². The van der Waals surface area contributed by atoms with E-state index >= 15 is 0 Å². The summed E-state index contributed by atoms with van der Waals surface area (Å²) in [6.45, 7) is 0.391. The number of hydrogen-bond donors (Lipinski definition) is 1. The van der Waals surface area contributed by atoms with Crippen LogP contribution in [0.5, 0.6) is 5.75 Å². The van der Waals surface area contributed by atoms with Crippen LogP contribution in [0.4, 0.5) is 0 Å². The number of ether oxygens (including phenoxy) is 1. The van der Waals surface area contributed by atoms with Crippen LogP contribution in [0.3, 0.4) is 0 Å². The van der Waals surface area contributed by atoms with Crippen LogP contribution in [0.1, 0.15) is 11.6 Å². The number of carbonyl (C=O) groups is 1. The highest BCUT2D eigenvalue weighted by atomic mass is 16.5. The standard InChI is InChI=1S/C10H11NO2/c11-10-7(5-12)6-13-9-4-2-1-3-8(9)10/h1-5,7,10H,6,11H2. The van der Waals surface area contributed by atoms with Gasteiger partial charge in [0.2, 0.25) is 0 Å². The second-order valence-electron chi connectivity index (χ2n) is 3.17. The van der Waals surface area contributed by atoms with Crippen LogP contribution in [0, 0.1) is 5.92 Å². The number of fused-ring (bicyclic) bond motifs is 1. The van der Waals surface area contributed by atoms with Crippen LogP contribution >= 0.6 is 0 Å². The molecule has 0 bridgehead atoms. The third kappa shape index (κ3) is 1.31. The topological polar surface area (TPSA) is 52.3 Å². The molecule has 0 spiro atoms. The molecule has 0 aliphatic carbocycles. The van der Waals surface area contributed by atoms with Crippen molar-refractivity contribution in [2.75, 3.05) is 6.61 Å². The van der Waals surface area contributed by atoms with Gasteiger partial charge in [-0.05, 0) is 6.07 Å². The van der Waals surface area contributed by atoms with Crippen molar-refractivity contribution in [3.8, 4) is 5.75 Å². The van der Waals surface area contributed by atoms with Gasteiger partial charge in [0.1, 0.15) is 12.0 Å². The van der Waals surface area contributed by atoms with E-state index in [2.05, 4.69) is 0 Å². The van der Waals surface area contributed by atoms with Crippen molar-refractivity contribution in [3.05, 3.63) is 29.8 Å². The van der Waals surface area contributed by atoms with Gasteiger partial charge in [-0.3, -0.25) is 0 Å². The van der Waals surface area contributed by atoms with Gasteiger partial charge >= 0.3 is 0 Å². The fourth-order valence-electron chi connectivity index (χ4n) is 1.53. The van der Waals surface area contributed by atoms with Crippen LogP contribution < -0.4 is 10.5 Å². The van der Waals surface area contributed by atoms with E-state index in [0.717, 1.165) is 17.6 Å². The molecule has 1 heterocycles. The molecule has 1 aliphatic rings. The molecule has 68 valence electrons. The summed E-state index contributed by atoms with van der Waals surface area (Å²) < 4.78 is 5.39. The molecule has 2 atom stereocenters. The molecule has 1 aliphatic heterocycles. The van der Waals surface area contributed by atoms with E-state index in [1.165, 1.54) is 0 Å². The first kappa shape index (κ1) is 8.26. The number of carbonyl (C=O) groups excluding carboxylic acids is 1. The summed E-state index contributed by atoms with van der Waals surface area (Å²) in [6, 6.07) is 7.34. The lowest BCUT2D eigenvalue weighted by Gasteiger charge is -2.27. The first-order chi connectivity index (χ1) is 6.33. The molecule has 0 aromatic heterocycles. The summed E-state index contributed by atoms with van der Waals surface area (Å²) >= 11 is 0. The van der Waals surface area contributed by atoms with Crippen molar-refractivity contribution in [3.63, 3.8) is 0 Å². The maximum absolute atomic E-state index is 10.6. The third-order valence-corrected chi connectivity index (χ3v) is 2.35. The fourth-order valence-corrected chi connectivity index (χ4v) is 1.53. The molecule has 2 rings (SSSR count). The average Bonchev–Trinajstić information content (AvgIpc) is 2.19. The largest absolute Gasteiger partial charge is 0.492 e. The SMILES string of the molecule is NC1c2ccccc2OCC1C=O. The lowest BCUT2D eigenvalue weighted by molar-refractivity contribution is -0.112. The summed E-state index contributed by atoms with van der Waals surface area (Å²) in [5.41, 5.74) is 6.81. The Morgan fingerprint density at radius 2 is 2.23 bits per heavy atom. The van der Waals surface area contributed by atoms with E-state index in [0.29, 0.717) is 6.61 Å². The third-order valence-electron chi connectivity index (χ3n) is 2.35. The van der Waals surface area contributed by atoms with E-state index in [1.807, 2.05) is 24.3 Å². The Morgan fingerprint density at radius 3 is 3.00 bits per heavy atom. The molecule has 0 saturated carbocycles. The van der Waals surface area contributed by atoms with Gasteiger partial charge in [-0.2, -0.15) is 0 Å². The lowest BCUT2D eigenvalue weighted by atomic mass is 9.93. The predicted octanol–water partition coefficient (Wildman–Crippen LogP) is 0.894. The molecule has 2 unspecified atom stereocenters. The van der Waals surface area contributed by atoms with E-state index in [4.69, 9.17) is 10.5 Å². The average molecular weight is 177 g/mol. The Hall–Kier alpha value is -1.35. The van der Waals surface area contributed by atoms with Gasteiger partial charge in [-0.15, -0.1) is 0 Å². The molecule has 3 nitrogen and oxygen atoms in total. The zero-order valence-electron chi connectivity index (χ0n) is 7.14. The number of aldehydes is 1. The van der Waals surface area contributed by atoms with E-state index in [9.17, 15) is 4.79 Å². The van der Waals surface area contributed by atoms with E-state index in [-0.39, 0.29) is 12.0 Å². The first-order valence-corrected chi connectivity index (χ1v) is 4.25. The number of benzene rings is 1. The van der Waals surface area contributed by atoms with Gasteiger partial charge in [0.15, 0.2) is 0 Å². The number of nitrogens with two attached hydrogens (primary N) is 1. The summed E-state index contributed by atoms with van der Waals surface area (Å²) in [5.74, 6) is 0.586. The highest BCUT2D eigenvalue weighted by molar-refractivity contribution is 5.58. The van der Waals surface area contributed by atoms with Crippen LogP contribution in [0.15, 0.2) is 24.3 Å². The molecule has 0 amide bonds. The molecule has 2 N–H and O–H groups in total. The summed E-state index contributed by atoms with van der Waals surface area (Å²) in [4.78, 5) is 10.6. The normalized spacial score (nSPS) is 25.9. The summed E-state index contributed by atoms with van der Waals surface area (Å²) in [7, 11) is 0. The lowest BCUT2D eigenvalue weighted by Crippen LogP contribution is -2.32. The van der Waals surface area contributed by atoms with Gasteiger partial charge in [0.25, 0.3) is 0 Å². The minimum Gasteiger partial charge on any atom is -0.492 e. The molecule has 1 aromatic rings. The monoisotopic (exact) mass is 177 g/mol. The van der Waals surface area contributed by atoms with E-state index < -0.39 is 0 Å². The zero-order valence-corrected chi connectivity index (χ0v) is 7.14. The first-order valence-electron chi connectivity index (χ1n) is 4.25. The molecule has 13 heavy (non-hydrogen) atoms. The predicted molar refractivity (Wildman–Crippen MR) is 48.4 cm³/mol. The molecule has 3 heteroatoms. The molecule has 1 aromatic carbocycles. The van der Waals surface area contributed by atoms with Crippen LogP contribution in [-0.4, -0.2) is 12.9 Å². The van der Waals surface area contributed by atoms with Crippen LogP contribution in [0.25, 0.3) is 0 Å².